The van der Waals surface area contributed by atoms with E-state index in [2.05, 4.69) is 9.89 Å². The molecule has 1 N–H and O–H groups in total. The van der Waals surface area contributed by atoms with Crippen molar-refractivity contribution in [2.45, 2.75) is 353 Å². The molecule has 2 heterocycles. The molecule has 3 saturated carbocycles. The van der Waals surface area contributed by atoms with Gasteiger partial charge in [-0.2, -0.15) is 0 Å². The summed E-state index contributed by atoms with van der Waals surface area (Å²) in [6.07, 6.45) is 15.1. The minimum atomic E-state index is -0.389. The smallest absolute Gasteiger partial charge is 0.311 e. The van der Waals surface area contributed by atoms with E-state index in [9.17, 15) is 52.7 Å². The van der Waals surface area contributed by atoms with Gasteiger partial charge in [0.25, 0.3) is 0 Å². The summed E-state index contributed by atoms with van der Waals surface area (Å²) in [5.41, 5.74) is -2.54. The SMILES string of the molecule is CC(C)(C)C(=O)C1CC1.CC(C)(C)C(=O)C1CCC1.CC(C)(C)C(=O)C1CCCC1.CC(C)(C)C(=O)CO.CC(C)(C)C(=O)N1CCCC1.CC(C)(C)C(=O)c1ccno1.CC(C)C(=O)C(C)(C)C.CC(C)OC(=O)C(C)(C)C.CCC(=O)C(C)(C)C.CCOC(=O)C(C)(C)C.COCC(=O)C(C)(C)C. The van der Waals surface area contributed by atoms with Crippen LogP contribution < -0.4 is 0 Å². The molecule has 0 atom stereocenters. The normalized spacial score (nSPS) is 14.9. The van der Waals surface area contributed by atoms with Crippen LogP contribution in [-0.4, -0.2) is 125 Å². The van der Waals surface area contributed by atoms with Gasteiger partial charge in [-0.1, -0.05) is 232 Å². The fraction of sp³-hybridized carbons (Fsp3) is 0.839. The van der Waals surface area contributed by atoms with Gasteiger partial charge in [0.2, 0.25) is 17.5 Å². The molecular weight excluding hydrogens is 1330 g/mol. The lowest BCUT2D eigenvalue weighted by atomic mass is 9.73. The van der Waals surface area contributed by atoms with Gasteiger partial charge < -0.3 is 28.7 Å². The Hall–Kier alpha value is -5.10. The Balaban J connectivity index is -0.000000257. The molecule has 18 nitrogen and oxygen atoms in total. The number of methoxy groups -OCH3 is 1. The minimum Gasteiger partial charge on any atom is -0.466 e. The van der Waals surface area contributed by atoms with Crippen molar-refractivity contribution in [3.8, 4) is 0 Å². The second-order valence-corrected chi connectivity index (χ2v) is 39.8. The third-order valence-corrected chi connectivity index (χ3v) is 16.1. The number of aromatic nitrogens is 1. The van der Waals surface area contributed by atoms with E-state index in [1.807, 2.05) is 254 Å². The number of hydrogen-bond donors (Lipinski definition) is 1. The highest BCUT2D eigenvalue weighted by molar-refractivity contribution is 5.97. The Morgan fingerprint density at radius 3 is 0.943 bits per heavy atom. The van der Waals surface area contributed by atoms with Crippen LogP contribution in [0.3, 0.4) is 0 Å². The number of aliphatic hydroxyl groups excluding tert-OH is 1. The largest absolute Gasteiger partial charge is 0.466 e. The molecule has 0 radical (unpaired) electrons. The van der Waals surface area contributed by atoms with E-state index in [1.165, 1.54) is 45.4 Å². The van der Waals surface area contributed by atoms with E-state index in [4.69, 9.17) is 19.1 Å². The number of Topliss-reactive ketones (excluding diaryl/α,β-unsaturated/α-hetero) is 8. The van der Waals surface area contributed by atoms with Crippen LogP contribution in [0.1, 0.15) is 358 Å². The molecule has 5 rings (SSSR count). The van der Waals surface area contributed by atoms with Gasteiger partial charge in [0.05, 0.1) is 29.7 Å². The van der Waals surface area contributed by atoms with Gasteiger partial charge in [-0.15, -0.1) is 0 Å². The molecule has 0 bridgehead atoms. The standard InChI is InChI=1S/C10H18O.C9H17NO.C9H16O.C8H11NO2.C8H16O2.C8H14O.C8H16O.2C7H14O2.C7H14O.C6H12O2/c1-10(2,3)9(11)8-6-4-5-7-8;1-9(2,3)8(11)10-6-4-5-7-10;1-9(2,3)8(10)7-5-4-6-7;1-8(2,3)7(10)6-4-5-9-11-6;1-6(2)10-7(9)8(3,4)5;1-8(2,3)7(9)6-4-5-6;1-6(2)7(9)8(3,4)5;1-7(2,3)6(8)5-9-4;1-5-9-6(8)7(2,3)4;1-5-6(8)7(2,3)4;1-6(2,3)5(8)4-7/h8H,4-7H2,1-3H3;4-7H2,1-3H3;7H,4-6H2,1-3H3;4-5H,1-3H3;6H,1-5H3;6H,4-5H2,1-3H3;6H,1-5H3;2*5H2,1-4H3;5H2,1-4H3;7H,4H2,1-3H3. The number of carbonyl (C=O) groups is 11. The third kappa shape index (κ3) is 55.9. The molecule has 18 heteroatoms. The van der Waals surface area contributed by atoms with Crippen LogP contribution in [0.15, 0.2) is 16.8 Å². The van der Waals surface area contributed by atoms with Crippen LogP contribution >= 0.6 is 0 Å². The summed E-state index contributed by atoms with van der Waals surface area (Å²) >= 11 is 0. The summed E-state index contributed by atoms with van der Waals surface area (Å²) in [7, 11) is 1.53. The molecular formula is C87H162N2O16. The first-order chi connectivity index (χ1) is 46.7. The quantitative estimate of drug-likeness (QED) is 0.159. The maximum Gasteiger partial charge on any atom is 0.311 e. The lowest BCUT2D eigenvalue weighted by Crippen LogP contribution is -2.37. The van der Waals surface area contributed by atoms with Crippen LogP contribution in [-0.2, 0) is 62.2 Å². The number of rotatable bonds is 11. The fourth-order valence-electron chi connectivity index (χ4n) is 8.86. The van der Waals surface area contributed by atoms with Crippen molar-refractivity contribution in [3.05, 3.63) is 18.0 Å². The third-order valence-electron chi connectivity index (χ3n) is 16.1. The average Bonchev–Trinajstić information content (AvgIpc) is 1.84. The number of hydrogen-bond acceptors (Lipinski definition) is 17. The molecule has 1 aromatic rings. The Kier molecular flexibility index (Phi) is 51.9. The first-order valence-corrected chi connectivity index (χ1v) is 38.7. The number of ether oxygens (including phenoxy) is 3. The summed E-state index contributed by atoms with van der Waals surface area (Å²) in [6.45, 7) is 76.9. The highest BCUT2D eigenvalue weighted by atomic mass is 16.5. The summed E-state index contributed by atoms with van der Waals surface area (Å²) in [5.74, 6) is 3.79. The summed E-state index contributed by atoms with van der Waals surface area (Å²) < 4.78 is 19.1. The molecule has 1 amide bonds. The van der Waals surface area contributed by atoms with Crippen LogP contribution in [0.2, 0.25) is 0 Å². The van der Waals surface area contributed by atoms with Crippen molar-refractivity contribution < 1.29 is 76.6 Å². The predicted octanol–water partition coefficient (Wildman–Crippen LogP) is 20.5. The molecule has 0 spiro atoms. The van der Waals surface area contributed by atoms with Gasteiger partial charge >= 0.3 is 11.9 Å². The maximum atomic E-state index is 11.7. The Bertz CT molecular complexity index is 2570. The van der Waals surface area contributed by atoms with Crippen molar-refractivity contribution in [1.29, 1.82) is 0 Å². The topological polar surface area (TPSA) is 265 Å². The molecule has 105 heavy (non-hydrogen) atoms. The Labute approximate surface area is 642 Å². The van der Waals surface area contributed by atoms with Crippen molar-refractivity contribution in [2.24, 2.45) is 83.2 Å². The van der Waals surface area contributed by atoms with E-state index in [0.717, 1.165) is 51.6 Å². The van der Waals surface area contributed by atoms with Gasteiger partial charge in [-0.25, -0.2) is 0 Å². The number of ketones is 8. The number of nitrogens with zero attached hydrogens (tertiary/aromatic N) is 2. The van der Waals surface area contributed by atoms with Crippen LogP contribution in [0, 0.1) is 83.2 Å². The molecule has 616 valence electrons. The van der Waals surface area contributed by atoms with Crippen molar-refractivity contribution >= 4 is 64.1 Å². The Morgan fingerprint density at radius 2 is 0.800 bits per heavy atom. The zero-order chi connectivity index (χ0) is 84.9. The molecule has 4 aliphatic rings. The summed E-state index contributed by atoms with van der Waals surface area (Å²) in [6, 6.07) is 1.58. The van der Waals surface area contributed by atoms with E-state index < -0.39 is 0 Å². The van der Waals surface area contributed by atoms with Crippen LogP contribution in [0.5, 0.6) is 0 Å². The van der Waals surface area contributed by atoms with E-state index in [-0.39, 0.29) is 114 Å². The van der Waals surface area contributed by atoms with Gasteiger partial charge in [0, 0.05) is 105 Å². The van der Waals surface area contributed by atoms with E-state index in [1.54, 1.807) is 26.8 Å². The van der Waals surface area contributed by atoms with E-state index >= 15 is 0 Å². The summed E-state index contributed by atoms with van der Waals surface area (Å²) in [4.78, 5) is 125. The number of likely N-dealkylation sites (tertiary alicyclic amines) is 1. The molecule has 1 aromatic heterocycles. The number of carbonyl (C=O) groups excluding carboxylic acids is 11. The second-order valence-electron chi connectivity index (χ2n) is 39.8. The van der Waals surface area contributed by atoms with Crippen LogP contribution in [0.4, 0.5) is 0 Å². The van der Waals surface area contributed by atoms with Gasteiger partial charge in [0.1, 0.15) is 42.1 Å². The monoisotopic (exact) mass is 1490 g/mol. The van der Waals surface area contributed by atoms with Crippen LogP contribution in [0.25, 0.3) is 0 Å². The Morgan fingerprint density at radius 1 is 0.448 bits per heavy atom. The number of aliphatic hydroxyl groups is 1. The second kappa shape index (κ2) is 49.1. The molecule has 3 aliphatic carbocycles. The van der Waals surface area contributed by atoms with Crippen molar-refractivity contribution in [2.75, 3.05) is 40.0 Å². The number of esters is 2. The predicted molar refractivity (Wildman–Crippen MR) is 430 cm³/mol. The zero-order valence-electron chi connectivity index (χ0n) is 75.0. The average molecular weight is 1490 g/mol. The molecule has 4 fully saturated rings. The van der Waals surface area contributed by atoms with Crippen molar-refractivity contribution in [1.82, 2.24) is 10.1 Å². The number of amides is 1. The molecule has 0 unspecified atom stereocenters. The summed E-state index contributed by atoms with van der Waals surface area (Å²) in [5, 5.41) is 11.8. The first-order valence-electron chi connectivity index (χ1n) is 38.7. The lowest BCUT2D eigenvalue weighted by molar-refractivity contribution is -0.157. The highest BCUT2D eigenvalue weighted by Crippen LogP contribution is 2.37. The van der Waals surface area contributed by atoms with Gasteiger partial charge in [0.15, 0.2) is 11.6 Å². The highest BCUT2D eigenvalue weighted by Gasteiger charge is 2.37. The fourth-order valence-corrected chi connectivity index (χ4v) is 8.86. The van der Waals surface area contributed by atoms with E-state index in [0.29, 0.717) is 71.4 Å². The van der Waals surface area contributed by atoms with Gasteiger partial charge in [-0.3, -0.25) is 52.7 Å². The van der Waals surface area contributed by atoms with Crippen molar-refractivity contribution in [3.63, 3.8) is 0 Å². The maximum absolute atomic E-state index is 11.7. The van der Waals surface area contributed by atoms with Gasteiger partial charge in [-0.05, 0) is 114 Å². The molecule has 0 aromatic carbocycles. The molecule has 1 saturated heterocycles. The molecule has 1 aliphatic heterocycles. The first kappa shape index (κ1) is 111. The lowest BCUT2D eigenvalue weighted by Gasteiger charge is -2.30. The zero-order valence-corrected chi connectivity index (χ0v) is 75.0. The minimum absolute atomic E-state index is 0.00766.